The molecular formula is C9H8NO. The Balaban J connectivity index is 2.69. The zero-order valence-electron chi connectivity index (χ0n) is 6.29. The van der Waals surface area contributed by atoms with Crippen LogP contribution in [0.1, 0.15) is 12.7 Å². The predicted octanol–water partition coefficient (Wildman–Crippen LogP) is 2.19. The molecule has 0 aromatic carbocycles. The molecule has 0 amide bonds. The molecule has 0 saturated carbocycles. The van der Waals surface area contributed by atoms with Gasteiger partial charge in [-0.1, -0.05) is 6.92 Å². The molecule has 2 nitrogen and oxygen atoms in total. The Morgan fingerprint density at radius 2 is 2.55 bits per heavy atom. The minimum atomic E-state index is 0.872. The quantitative estimate of drug-likeness (QED) is 0.616. The van der Waals surface area contributed by atoms with Crippen LogP contribution in [0, 0.1) is 6.07 Å². The number of furan rings is 1. The van der Waals surface area contributed by atoms with Crippen LogP contribution in [-0.4, -0.2) is 4.98 Å². The van der Waals surface area contributed by atoms with Crippen LogP contribution in [0.4, 0.5) is 0 Å². The maximum absolute atomic E-state index is 5.42. The molecule has 0 unspecified atom stereocenters. The van der Waals surface area contributed by atoms with Crippen LogP contribution in [0.5, 0.6) is 0 Å². The highest BCUT2D eigenvalue weighted by atomic mass is 16.3. The Morgan fingerprint density at radius 1 is 1.64 bits per heavy atom. The number of aromatic nitrogens is 1. The Labute approximate surface area is 64.9 Å². The van der Waals surface area contributed by atoms with E-state index in [4.69, 9.17) is 4.42 Å². The third kappa shape index (κ3) is 1.00. The average molecular weight is 146 g/mol. The van der Waals surface area contributed by atoms with Crippen molar-refractivity contribution < 1.29 is 4.42 Å². The average Bonchev–Trinajstić information content (AvgIpc) is 2.46. The third-order valence-corrected chi connectivity index (χ3v) is 1.61. The van der Waals surface area contributed by atoms with Crippen molar-refractivity contribution >= 4 is 11.0 Å². The number of fused-ring (bicyclic) bond motifs is 1. The second kappa shape index (κ2) is 2.38. The molecule has 0 spiro atoms. The van der Waals surface area contributed by atoms with Crippen molar-refractivity contribution in [2.45, 2.75) is 13.3 Å². The Morgan fingerprint density at radius 3 is 3.27 bits per heavy atom. The van der Waals surface area contributed by atoms with Gasteiger partial charge < -0.3 is 4.42 Å². The van der Waals surface area contributed by atoms with Gasteiger partial charge in [-0.2, -0.15) is 0 Å². The molecule has 2 aromatic rings. The summed E-state index contributed by atoms with van der Waals surface area (Å²) in [6, 6.07) is 4.97. The molecule has 2 heteroatoms. The largest absolute Gasteiger partial charge is 0.460 e. The summed E-state index contributed by atoms with van der Waals surface area (Å²) in [5, 5.41) is 0.962. The first-order chi connectivity index (χ1) is 5.40. The predicted molar refractivity (Wildman–Crippen MR) is 42.2 cm³/mol. The summed E-state index contributed by atoms with van der Waals surface area (Å²) in [6.45, 7) is 2.04. The summed E-state index contributed by atoms with van der Waals surface area (Å²) in [5.74, 6) is 0.896. The van der Waals surface area contributed by atoms with Gasteiger partial charge in [0.25, 0.3) is 0 Å². The van der Waals surface area contributed by atoms with E-state index in [1.54, 1.807) is 12.4 Å². The highest BCUT2D eigenvalue weighted by Gasteiger charge is 2.00. The van der Waals surface area contributed by atoms with Crippen LogP contribution in [0.25, 0.3) is 11.0 Å². The van der Waals surface area contributed by atoms with Crippen molar-refractivity contribution in [2.75, 3.05) is 0 Å². The zero-order chi connectivity index (χ0) is 7.68. The van der Waals surface area contributed by atoms with Crippen LogP contribution in [-0.2, 0) is 6.42 Å². The molecule has 11 heavy (non-hydrogen) atoms. The van der Waals surface area contributed by atoms with Crippen molar-refractivity contribution in [2.24, 2.45) is 0 Å². The van der Waals surface area contributed by atoms with E-state index in [-0.39, 0.29) is 0 Å². The van der Waals surface area contributed by atoms with Gasteiger partial charge in [0.1, 0.15) is 11.3 Å². The number of rotatable bonds is 1. The first kappa shape index (κ1) is 6.40. The zero-order valence-corrected chi connectivity index (χ0v) is 6.29. The van der Waals surface area contributed by atoms with Crippen molar-refractivity contribution in [3.63, 3.8) is 0 Å². The van der Waals surface area contributed by atoms with Gasteiger partial charge in [0.05, 0.1) is 0 Å². The van der Waals surface area contributed by atoms with Gasteiger partial charge in [-0.25, -0.2) is 0 Å². The van der Waals surface area contributed by atoms with Gasteiger partial charge in [-0.05, 0) is 6.07 Å². The number of hydrogen-bond donors (Lipinski definition) is 0. The van der Waals surface area contributed by atoms with E-state index >= 15 is 0 Å². The normalized spacial score (nSPS) is 10.6. The van der Waals surface area contributed by atoms with Gasteiger partial charge in [-0.15, -0.1) is 0 Å². The van der Waals surface area contributed by atoms with Gasteiger partial charge in [0, 0.05) is 30.3 Å². The van der Waals surface area contributed by atoms with Crippen LogP contribution >= 0.6 is 0 Å². The Hall–Kier alpha value is -1.31. The number of aryl methyl sites for hydroxylation is 1. The van der Waals surface area contributed by atoms with E-state index in [0.717, 1.165) is 23.2 Å². The molecular weight excluding hydrogens is 138 g/mol. The van der Waals surface area contributed by atoms with Gasteiger partial charge >= 0.3 is 0 Å². The smallest absolute Gasteiger partial charge is 0.138 e. The fraction of sp³-hybridized carbons (Fsp3) is 0.222. The van der Waals surface area contributed by atoms with Gasteiger partial charge in [0.15, 0.2) is 0 Å². The monoisotopic (exact) mass is 146 g/mol. The maximum Gasteiger partial charge on any atom is 0.138 e. The summed E-state index contributed by atoms with van der Waals surface area (Å²) >= 11 is 0. The molecule has 1 radical (unpaired) electrons. The molecule has 0 aliphatic heterocycles. The molecule has 0 fully saturated rings. The van der Waals surface area contributed by atoms with Gasteiger partial charge in [0.2, 0.25) is 0 Å². The molecule has 0 atom stereocenters. The maximum atomic E-state index is 5.42. The third-order valence-electron chi connectivity index (χ3n) is 1.61. The first-order valence-corrected chi connectivity index (χ1v) is 3.65. The molecule has 0 aliphatic rings. The lowest BCUT2D eigenvalue weighted by Gasteiger charge is -1.83. The molecule has 55 valence electrons. The minimum Gasteiger partial charge on any atom is -0.460 e. The Bertz CT molecular complexity index is 331. The van der Waals surface area contributed by atoms with Gasteiger partial charge in [-0.3, -0.25) is 4.98 Å². The summed E-state index contributed by atoms with van der Waals surface area (Å²) < 4.78 is 5.42. The number of hydrogen-bond acceptors (Lipinski definition) is 2. The van der Waals surface area contributed by atoms with Crippen molar-refractivity contribution in [1.82, 2.24) is 4.98 Å². The van der Waals surface area contributed by atoms with E-state index in [1.807, 2.05) is 13.0 Å². The molecule has 2 heterocycles. The lowest BCUT2D eigenvalue weighted by molar-refractivity contribution is 0.556. The standard InChI is InChI=1S/C9H8NO/c1-2-8-5-7-6-10-4-3-9(7)11-8/h3-4,6H,2H2,1H3. The van der Waals surface area contributed by atoms with E-state index in [2.05, 4.69) is 11.1 Å². The van der Waals surface area contributed by atoms with Crippen LogP contribution < -0.4 is 0 Å². The molecule has 0 N–H and O–H groups in total. The summed E-state index contributed by atoms with van der Waals surface area (Å²) in [5.41, 5.74) is 0.872. The van der Waals surface area contributed by atoms with Crippen molar-refractivity contribution in [3.8, 4) is 0 Å². The van der Waals surface area contributed by atoms with E-state index < -0.39 is 0 Å². The second-order valence-electron chi connectivity index (χ2n) is 2.38. The van der Waals surface area contributed by atoms with Crippen molar-refractivity contribution in [1.29, 1.82) is 0 Å². The minimum absolute atomic E-state index is 0.872. The molecule has 0 bridgehead atoms. The number of pyridine rings is 1. The second-order valence-corrected chi connectivity index (χ2v) is 2.38. The molecule has 0 aliphatic carbocycles. The topological polar surface area (TPSA) is 26.0 Å². The van der Waals surface area contributed by atoms with E-state index in [9.17, 15) is 0 Å². The first-order valence-electron chi connectivity index (χ1n) is 3.65. The molecule has 2 aromatic heterocycles. The highest BCUT2D eigenvalue weighted by Crippen LogP contribution is 2.16. The summed E-state index contributed by atoms with van der Waals surface area (Å²) in [6.07, 6.45) is 4.37. The lowest BCUT2D eigenvalue weighted by atomic mass is 10.3. The van der Waals surface area contributed by atoms with Crippen LogP contribution in [0.3, 0.4) is 0 Å². The Kier molecular flexibility index (Phi) is 1.39. The lowest BCUT2D eigenvalue weighted by Crippen LogP contribution is -1.68. The fourth-order valence-corrected chi connectivity index (χ4v) is 1.03. The van der Waals surface area contributed by atoms with E-state index in [1.165, 1.54) is 0 Å². The van der Waals surface area contributed by atoms with Crippen molar-refractivity contribution in [3.05, 3.63) is 30.3 Å². The number of nitrogens with zero attached hydrogens (tertiary/aromatic N) is 1. The van der Waals surface area contributed by atoms with E-state index in [0.29, 0.717) is 0 Å². The summed E-state index contributed by atoms with van der Waals surface area (Å²) in [7, 11) is 0. The van der Waals surface area contributed by atoms with Crippen LogP contribution in [0.15, 0.2) is 22.9 Å². The molecule has 0 saturated heterocycles. The SMILES string of the molecule is CCc1[c]c2cnccc2o1. The fourth-order valence-electron chi connectivity index (χ4n) is 1.03. The highest BCUT2D eigenvalue weighted by molar-refractivity contribution is 5.75. The summed E-state index contributed by atoms with van der Waals surface area (Å²) in [4.78, 5) is 3.97. The molecule has 2 rings (SSSR count). The van der Waals surface area contributed by atoms with Crippen LogP contribution in [0.2, 0.25) is 0 Å².